The molecule has 0 amide bonds. The van der Waals surface area contributed by atoms with Crippen molar-refractivity contribution in [2.45, 2.75) is 0 Å². The van der Waals surface area contributed by atoms with Crippen LogP contribution in [0.3, 0.4) is 0 Å². The molecule has 0 aliphatic rings. The quantitative estimate of drug-likeness (QED) is 0.855. The number of benzene rings is 1. The van der Waals surface area contributed by atoms with Gasteiger partial charge in [-0.1, -0.05) is 29.3 Å². The minimum Gasteiger partial charge on any atom is -0.338 e. The van der Waals surface area contributed by atoms with Crippen LogP contribution in [0.4, 0.5) is 11.5 Å². The van der Waals surface area contributed by atoms with Crippen LogP contribution >= 0.6 is 39.1 Å². The van der Waals surface area contributed by atoms with Gasteiger partial charge in [0.1, 0.15) is 11.1 Å². The van der Waals surface area contributed by atoms with Crippen LogP contribution in [0.25, 0.3) is 0 Å². The van der Waals surface area contributed by atoms with Gasteiger partial charge in [0.2, 0.25) is 0 Å². The van der Waals surface area contributed by atoms with Crippen molar-refractivity contribution in [3.63, 3.8) is 0 Å². The zero-order valence-electron chi connectivity index (χ0n) is 8.92. The zero-order valence-corrected chi connectivity index (χ0v) is 12.0. The zero-order chi connectivity index (χ0) is 13.1. The average Bonchev–Trinajstić information content (AvgIpc) is 2.37. The minimum atomic E-state index is 0.284. The standard InChI is InChI=1S/C12H6BrCl2N3/c13-10-8(14)2-1-3-9(10)18-12-11(15)7(6-16)4-5-17-12/h1-5H,(H,17,18). The van der Waals surface area contributed by atoms with Gasteiger partial charge in [-0.25, -0.2) is 4.98 Å². The van der Waals surface area contributed by atoms with E-state index in [1.54, 1.807) is 18.2 Å². The molecule has 3 nitrogen and oxygen atoms in total. The van der Waals surface area contributed by atoms with Crippen LogP contribution in [0.1, 0.15) is 5.56 Å². The molecule has 0 atom stereocenters. The number of rotatable bonds is 2. The molecule has 0 aliphatic heterocycles. The lowest BCUT2D eigenvalue weighted by molar-refractivity contribution is 1.29. The van der Waals surface area contributed by atoms with Crippen molar-refractivity contribution in [2.75, 3.05) is 5.32 Å². The summed E-state index contributed by atoms with van der Waals surface area (Å²) in [5.74, 6) is 0.415. The Hall–Kier alpha value is -1.28. The average molecular weight is 343 g/mol. The molecule has 90 valence electrons. The highest BCUT2D eigenvalue weighted by Gasteiger charge is 2.10. The molecule has 1 N–H and O–H groups in total. The SMILES string of the molecule is N#Cc1ccnc(Nc2cccc(Cl)c2Br)c1Cl. The summed E-state index contributed by atoms with van der Waals surface area (Å²) in [6, 6.07) is 8.94. The monoisotopic (exact) mass is 341 g/mol. The van der Waals surface area contributed by atoms with Gasteiger partial charge in [-0.2, -0.15) is 5.26 Å². The second-order valence-corrected chi connectivity index (χ2v) is 4.94. The van der Waals surface area contributed by atoms with Gasteiger partial charge in [0.15, 0.2) is 5.82 Å². The Balaban J connectivity index is 2.41. The Morgan fingerprint density at radius 3 is 2.78 bits per heavy atom. The largest absolute Gasteiger partial charge is 0.338 e. The maximum atomic E-state index is 8.89. The number of hydrogen-bond donors (Lipinski definition) is 1. The van der Waals surface area contributed by atoms with E-state index in [-0.39, 0.29) is 5.02 Å². The molecule has 0 saturated heterocycles. The van der Waals surface area contributed by atoms with Crippen molar-refractivity contribution in [3.8, 4) is 6.07 Å². The van der Waals surface area contributed by atoms with Gasteiger partial charge in [0.05, 0.1) is 20.7 Å². The van der Waals surface area contributed by atoms with Crippen LogP contribution in [0.15, 0.2) is 34.9 Å². The summed E-state index contributed by atoms with van der Waals surface area (Å²) in [5.41, 5.74) is 1.10. The van der Waals surface area contributed by atoms with E-state index in [2.05, 4.69) is 26.2 Å². The van der Waals surface area contributed by atoms with Gasteiger partial charge in [-0.05, 0) is 34.1 Å². The van der Waals surface area contributed by atoms with E-state index < -0.39 is 0 Å². The van der Waals surface area contributed by atoms with Crippen LogP contribution in [-0.2, 0) is 0 Å². The Morgan fingerprint density at radius 2 is 2.06 bits per heavy atom. The molecule has 1 aromatic heterocycles. The highest BCUT2D eigenvalue weighted by Crippen LogP contribution is 2.33. The van der Waals surface area contributed by atoms with Crippen molar-refractivity contribution in [1.29, 1.82) is 5.26 Å². The van der Waals surface area contributed by atoms with Crippen molar-refractivity contribution < 1.29 is 0 Å². The molecule has 2 aromatic rings. The molecular weight excluding hydrogens is 337 g/mol. The topological polar surface area (TPSA) is 48.7 Å². The van der Waals surface area contributed by atoms with Crippen LogP contribution in [0.5, 0.6) is 0 Å². The normalized spacial score (nSPS) is 9.89. The number of nitrogens with one attached hydrogen (secondary N) is 1. The van der Waals surface area contributed by atoms with E-state index in [0.717, 1.165) is 5.69 Å². The number of nitrogens with zero attached hydrogens (tertiary/aromatic N) is 2. The fourth-order valence-corrected chi connectivity index (χ4v) is 2.08. The van der Waals surface area contributed by atoms with Crippen LogP contribution in [0, 0.1) is 11.3 Å². The maximum Gasteiger partial charge on any atom is 0.150 e. The lowest BCUT2D eigenvalue weighted by Crippen LogP contribution is -1.96. The van der Waals surface area contributed by atoms with E-state index in [4.69, 9.17) is 28.5 Å². The van der Waals surface area contributed by atoms with Crippen LogP contribution in [0.2, 0.25) is 10.0 Å². The van der Waals surface area contributed by atoms with E-state index in [1.807, 2.05) is 12.1 Å². The molecule has 0 bridgehead atoms. The first-order valence-electron chi connectivity index (χ1n) is 4.89. The van der Waals surface area contributed by atoms with Crippen molar-refractivity contribution in [3.05, 3.63) is 50.5 Å². The molecule has 2 rings (SSSR count). The lowest BCUT2D eigenvalue weighted by atomic mass is 10.2. The molecule has 0 fully saturated rings. The second-order valence-electron chi connectivity index (χ2n) is 3.36. The third kappa shape index (κ3) is 2.59. The fourth-order valence-electron chi connectivity index (χ4n) is 1.35. The van der Waals surface area contributed by atoms with Crippen molar-refractivity contribution in [1.82, 2.24) is 4.98 Å². The molecule has 0 aliphatic carbocycles. The summed E-state index contributed by atoms with van der Waals surface area (Å²) >= 11 is 15.4. The van der Waals surface area contributed by atoms with Gasteiger partial charge in [-0.15, -0.1) is 0 Å². The number of halogens is 3. The number of aromatic nitrogens is 1. The van der Waals surface area contributed by atoms with Gasteiger partial charge in [0.25, 0.3) is 0 Å². The van der Waals surface area contributed by atoms with E-state index >= 15 is 0 Å². The Morgan fingerprint density at radius 1 is 1.28 bits per heavy atom. The highest BCUT2D eigenvalue weighted by molar-refractivity contribution is 9.10. The second kappa shape index (κ2) is 5.57. The Kier molecular flexibility index (Phi) is 4.07. The number of anilines is 2. The predicted molar refractivity (Wildman–Crippen MR) is 76.4 cm³/mol. The van der Waals surface area contributed by atoms with Gasteiger partial charge in [0, 0.05) is 6.20 Å². The molecule has 0 unspecified atom stereocenters. The molecule has 0 saturated carbocycles. The number of hydrogen-bond acceptors (Lipinski definition) is 3. The summed E-state index contributed by atoms with van der Waals surface area (Å²) in [6.07, 6.45) is 1.52. The summed E-state index contributed by atoms with van der Waals surface area (Å²) in [6.45, 7) is 0. The van der Waals surface area contributed by atoms with Gasteiger partial charge in [-0.3, -0.25) is 0 Å². The summed E-state index contributed by atoms with van der Waals surface area (Å²) in [7, 11) is 0. The smallest absolute Gasteiger partial charge is 0.150 e. The Bertz CT molecular complexity index is 638. The fraction of sp³-hybridized carbons (Fsp3) is 0. The number of nitriles is 1. The maximum absolute atomic E-state index is 8.89. The third-order valence-electron chi connectivity index (χ3n) is 2.21. The molecule has 1 heterocycles. The molecule has 18 heavy (non-hydrogen) atoms. The molecular formula is C12H6BrCl2N3. The van der Waals surface area contributed by atoms with E-state index in [0.29, 0.717) is 20.9 Å². The Labute approximate surface area is 122 Å². The minimum absolute atomic E-state index is 0.284. The summed E-state index contributed by atoms with van der Waals surface area (Å²) in [5, 5.41) is 12.8. The van der Waals surface area contributed by atoms with Crippen molar-refractivity contribution >= 4 is 50.6 Å². The van der Waals surface area contributed by atoms with E-state index in [1.165, 1.54) is 6.20 Å². The van der Waals surface area contributed by atoms with Crippen LogP contribution in [-0.4, -0.2) is 4.98 Å². The van der Waals surface area contributed by atoms with E-state index in [9.17, 15) is 0 Å². The molecule has 0 spiro atoms. The predicted octanol–water partition coefficient (Wildman–Crippen LogP) is 4.77. The first kappa shape index (κ1) is 13.2. The lowest BCUT2D eigenvalue weighted by Gasteiger charge is -2.10. The summed E-state index contributed by atoms with van der Waals surface area (Å²) in [4.78, 5) is 4.09. The van der Waals surface area contributed by atoms with Crippen molar-refractivity contribution in [2.24, 2.45) is 0 Å². The first-order valence-corrected chi connectivity index (χ1v) is 6.44. The molecule has 1 aromatic carbocycles. The summed E-state index contributed by atoms with van der Waals surface area (Å²) < 4.78 is 0.715. The third-order valence-corrected chi connectivity index (χ3v) is 3.99. The number of pyridine rings is 1. The van der Waals surface area contributed by atoms with Crippen LogP contribution < -0.4 is 5.32 Å². The van der Waals surface area contributed by atoms with Gasteiger partial charge < -0.3 is 5.32 Å². The highest BCUT2D eigenvalue weighted by atomic mass is 79.9. The van der Waals surface area contributed by atoms with Gasteiger partial charge >= 0.3 is 0 Å². The molecule has 6 heteroatoms. The first-order chi connectivity index (χ1) is 8.63. The molecule has 0 radical (unpaired) electrons.